The van der Waals surface area contributed by atoms with E-state index in [4.69, 9.17) is 4.74 Å². The van der Waals surface area contributed by atoms with E-state index in [1.165, 1.54) is 11.3 Å². The molecule has 1 aliphatic rings. The monoisotopic (exact) mass is 295 g/mol. The number of hydrogen-bond acceptors (Lipinski definition) is 3. The maximum atomic E-state index is 5.62. The van der Waals surface area contributed by atoms with Gasteiger partial charge in [0, 0.05) is 30.5 Å². The molecule has 5 heteroatoms. The van der Waals surface area contributed by atoms with E-state index in [1.54, 1.807) is 11.3 Å². The first-order valence-corrected chi connectivity index (χ1v) is 8.34. The van der Waals surface area contributed by atoms with Crippen molar-refractivity contribution in [2.75, 3.05) is 26.2 Å². The zero-order valence-electron chi connectivity index (χ0n) is 12.4. The van der Waals surface area contributed by atoms with E-state index in [0.29, 0.717) is 12.0 Å². The largest absolute Gasteiger partial charge is 0.376 e. The van der Waals surface area contributed by atoms with Gasteiger partial charge in [0.25, 0.3) is 0 Å². The van der Waals surface area contributed by atoms with Crippen LogP contribution in [0, 0.1) is 0 Å². The Balaban J connectivity index is 1.81. The molecule has 0 amide bonds. The summed E-state index contributed by atoms with van der Waals surface area (Å²) in [6.45, 7) is 7.74. The number of ether oxygens (including phenoxy) is 1. The molecule has 1 aromatic heterocycles. The molecule has 20 heavy (non-hydrogen) atoms. The number of thiophene rings is 1. The minimum atomic E-state index is 0.341. The molecule has 0 spiro atoms. The van der Waals surface area contributed by atoms with Crippen molar-refractivity contribution in [3.05, 3.63) is 22.4 Å². The van der Waals surface area contributed by atoms with Gasteiger partial charge in [-0.1, -0.05) is 13.0 Å². The van der Waals surface area contributed by atoms with Gasteiger partial charge in [-0.3, -0.25) is 4.99 Å². The second kappa shape index (κ2) is 8.27. The minimum Gasteiger partial charge on any atom is -0.376 e. The third-order valence-electron chi connectivity index (χ3n) is 3.42. The zero-order chi connectivity index (χ0) is 14.2. The molecule has 0 saturated carbocycles. The van der Waals surface area contributed by atoms with Crippen LogP contribution in [0.15, 0.2) is 22.5 Å². The standard InChI is InChI=1S/C15H25N3OS/c1-3-16-15(18-11-13-6-4-8-19-13)17-10-12(2)14-7-5-9-20-14/h5,7,9,12-13H,3-4,6,8,10-11H2,1-2H3,(H2,16,17,18). The second-order valence-corrected chi connectivity index (χ2v) is 6.13. The van der Waals surface area contributed by atoms with E-state index < -0.39 is 0 Å². The molecule has 0 radical (unpaired) electrons. The number of nitrogens with zero attached hydrogens (tertiary/aromatic N) is 1. The fraction of sp³-hybridized carbons (Fsp3) is 0.667. The maximum absolute atomic E-state index is 5.62. The van der Waals surface area contributed by atoms with E-state index in [2.05, 4.69) is 47.0 Å². The Bertz CT molecular complexity index is 399. The topological polar surface area (TPSA) is 45.7 Å². The van der Waals surface area contributed by atoms with Gasteiger partial charge < -0.3 is 15.4 Å². The van der Waals surface area contributed by atoms with Crippen molar-refractivity contribution in [3.8, 4) is 0 Å². The molecule has 2 heterocycles. The molecule has 1 aromatic rings. The van der Waals surface area contributed by atoms with Crippen LogP contribution in [0.5, 0.6) is 0 Å². The number of aliphatic imine (C=N–C) groups is 1. The van der Waals surface area contributed by atoms with Crippen LogP contribution >= 0.6 is 11.3 Å². The highest BCUT2D eigenvalue weighted by Gasteiger charge is 2.15. The first-order chi connectivity index (χ1) is 9.79. The van der Waals surface area contributed by atoms with Crippen molar-refractivity contribution in [3.63, 3.8) is 0 Å². The van der Waals surface area contributed by atoms with Crippen molar-refractivity contribution in [2.45, 2.75) is 38.7 Å². The Hall–Kier alpha value is -1.07. The van der Waals surface area contributed by atoms with Gasteiger partial charge in [0.1, 0.15) is 0 Å². The molecule has 2 atom stereocenters. The smallest absolute Gasteiger partial charge is 0.191 e. The van der Waals surface area contributed by atoms with Crippen LogP contribution in [-0.4, -0.2) is 38.3 Å². The summed E-state index contributed by atoms with van der Waals surface area (Å²) in [5, 5.41) is 8.80. The van der Waals surface area contributed by atoms with Crippen LogP contribution in [0.25, 0.3) is 0 Å². The normalized spacial score (nSPS) is 20.9. The van der Waals surface area contributed by atoms with Crippen molar-refractivity contribution in [2.24, 2.45) is 4.99 Å². The van der Waals surface area contributed by atoms with E-state index in [-0.39, 0.29) is 0 Å². The molecule has 112 valence electrons. The number of rotatable bonds is 6. The van der Waals surface area contributed by atoms with Gasteiger partial charge in [-0.2, -0.15) is 0 Å². The predicted molar refractivity (Wildman–Crippen MR) is 85.7 cm³/mol. The molecule has 0 bridgehead atoms. The van der Waals surface area contributed by atoms with Gasteiger partial charge in [0.05, 0.1) is 12.6 Å². The summed E-state index contributed by atoms with van der Waals surface area (Å²) in [5.74, 6) is 1.36. The number of guanidine groups is 1. The van der Waals surface area contributed by atoms with E-state index in [1.807, 2.05) is 0 Å². The summed E-state index contributed by atoms with van der Waals surface area (Å²) >= 11 is 1.80. The molecule has 1 fully saturated rings. The van der Waals surface area contributed by atoms with Crippen molar-refractivity contribution in [1.82, 2.24) is 10.6 Å². The molecular formula is C15H25N3OS. The highest BCUT2D eigenvalue weighted by atomic mass is 32.1. The maximum Gasteiger partial charge on any atom is 0.191 e. The lowest BCUT2D eigenvalue weighted by molar-refractivity contribution is 0.114. The fourth-order valence-corrected chi connectivity index (χ4v) is 3.03. The van der Waals surface area contributed by atoms with Gasteiger partial charge in [0.15, 0.2) is 5.96 Å². The Labute approximate surface area is 125 Å². The first-order valence-electron chi connectivity index (χ1n) is 7.46. The van der Waals surface area contributed by atoms with Gasteiger partial charge in [0.2, 0.25) is 0 Å². The average molecular weight is 295 g/mol. The number of nitrogens with one attached hydrogen (secondary N) is 2. The summed E-state index contributed by atoms with van der Waals surface area (Å²) in [7, 11) is 0. The summed E-state index contributed by atoms with van der Waals surface area (Å²) in [6.07, 6.45) is 2.67. The summed E-state index contributed by atoms with van der Waals surface area (Å²) < 4.78 is 5.62. The van der Waals surface area contributed by atoms with Crippen LogP contribution in [0.4, 0.5) is 0 Å². The van der Waals surface area contributed by atoms with Crippen molar-refractivity contribution < 1.29 is 4.74 Å². The van der Waals surface area contributed by atoms with Crippen LogP contribution < -0.4 is 10.6 Å². The van der Waals surface area contributed by atoms with Crippen molar-refractivity contribution in [1.29, 1.82) is 0 Å². The SMILES string of the molecule is CCNC(=NCC(C)c1cccs1)NCC1CCCO1. The molecule has 0 aliphatic carbocycles. The van der Waals surface area contributed by atoms with Crippen molar-refractivity contribution >= 4 is 17.3 Å². The van der Waals surface area contributed by atoms with E-state index >= 15 is 0 Å². The summed E-state index contributed by atoms with van der Waals surface area (Å²) in [6, 6.07) is 4.28. The fourth-order valence-electron chi connectivity index (χ4n) is 2.25. The first kappa shape index (κ1) is 15.3. The molecule has 2 unspecified atom stereocenters. The van der Waals surface area contributed by atoms with Gasteiger partial charge in [-0.05, 0) is 31.2 Å². The summed E-state index contributed by atoms with van der Waals surface area (Å²) in [4.78, 5) is 6.07. The molecular weight excluding hydrogens is 270 g/mol. The third kappa shape index (κ3) is 4.80. The van der Waals surface area contributed by atoms with Crippen LogP contribution in [0.3, 0.4) is 0 Å². The van der Waals surface area contributed by atoms with Gasteiger partial charge in [-0.25, -0.2) is 0 Å². The highest BCUT2D eigenvalue weighted by molar-refractivity contribution is 7.10. The van der Waals surface area contributed by atoms with Crippen LogP contribution in [0.1, 0.15) is 37.5 Å². The Kier molecular flexibility index (Phi) is 6.33. The number of hydrogen-bond donors (Lipinski definition) is 2. The second-order valence-electron chi connectivity index (χ2n) is 5.15. The van der Waals surface area contributed by atoms with E-state index in [9.17, 15) is 0 Å². The lowest BCUT2D eigenvalue weighted by atomic mass is 10.1. The Morgan fingerprint density at radius 1 is 1.55 bits per heavy atom. The molecule has 4 nitrogen and oxygen atoms in total. The third-order valence-corrected chi connectivity index (χ3v) is 4.52. The lowest BCUT2D eigenvalue weighted by Crippen LogP contribution is -2.41. The molecule has 2 N–H and O–H groups in total. The minimum absolute atomic E-state index is 0.341. The average Bonchev–Trinajstić information content (AvgIpc) is 3.13. The Morgan fingerprint density at radius 3 is 3.10 bits per heavy atom. The molecule has 2 rings (SSSR count). The summed E-state index contributed by atoms with van der Waals surface area (Å²) in [5.41, 5.74) is 0. The molecule has 1 aliphatic heterocycles. The van der Waals surface area contributed by atoms with Gasteiger partial charge in [-0.15, -0.1) is 11.3 Å². The quantitative estimate of drug-likeness (QED) is 0.626. The van der Waals surface area contributed by atoms with Crippen LogP contribution in [0.2, 0.25) is 0 Å². The van der Waals surface area contributed by atoms with Crippen LogP contribution in [-0.2, 0) is 4.74 Å². The molecule has 0 aromatic carbocycles. The van der Waals surface area contributed by atoms with E-state index in [0.717, 1.165) is 38.6 Å². The zero-order valence-corrected chi connectivity index (χ0v) is 13.2. The van der Waals surface area contributed by atoms with Gasteiger partial charge >= 0.3 is 0 Å². The lowest BCUT2D eigenvalue weighted by Gasteiger charge is -2.15. The predicted octanol–water partition coefficient (Wildman–Crippen LogP) is 2.59. The highest BCUT2D eigenvalue weighted by Crippen LogP contribution is 2.20. The molecule has 1 saturated heterocycles. The Morgan fingerprint density at radius 2 is 2.45 bits per heavy atom.